The van der Waals surface area contributed by atoms with Gasteiger partial charge in [0, 0.05) is 5.92 Å². The Balaban J connectivity index is 0.000000146. The van der Waals surface area contributed by atoms with E-state index >= 15 is 0 Å². The SMILES string of the molecule is CC(=O)[C@H]1C[C@@H]1c1ccc(C)cc1.CC[C@H]1C[C@@H]1c1ccc(C)cc1. The molecule has 1 nitrogen and oxygen atoms in total. The van der Waals surface area contributed by atoms with Crippen LogP contribution in [0.3, 0.4) is 0 Å². The molecule has 0 spiro atoms. The molecule has 0 amide bonds. The number of carbonyl (C=O) groups excluding carboxylic acids is 1. The Morgan fingerprint density at radius 3 is 1.68 bits per heavy atom. The van der Waals surface area contributed by atoms with Crippen molar-refractivity contribution >= 4 is 5.78 Å². The predicted octanol–water partition coefficient (Wildman–Crippen LogP) is 6.20. The van der Waals surface area contributed by atoms with E-state index in [2.05, 4.69) is 69.3 Å². The van der Waals surface area contributed by atoms with Gasteiger partial charge in [-0.2, -0.15) is 0 Å². The van der Waals surface area contributed by atoms with Gasteiger partial charge in [0.15, 0.2) is 0 Å². The van der Waals surface area contributed by atoms with Crippen molar-refractivity contribution in [2.45, 2.75) is 58.8 Å². The molecule has 2 saturated carbocycles. The first-order valence-corrected chi connectivity index (χ1v) is 9.63. The average molecular weight is 335 g/mol. The van der Waals surface area contributed by atoms with Crippen molar-refractivity contribution in [1.29, 1.82) is 0 Å². The van der Waals surface area contributed by atoms with Crippen LogP contribution in [0.2, 0.25) is 0 Å². The molecule has 0 aromatic heterocycles. The maximum atomic E-state index is 11.1. The molecular weight excluding hydrogens is 304 g/mol. The van der Waals surface area contributed by atoms with E-state index in [-0.39, 0.29) is 0 Å². The van der Waals surface area contributed by atoms with Crippen LogP contribution in [0.4, 0.5) is 0 Å². The second-order valence-electron chi connectivity index (χ2n) is 7.89. The van der Waals surface area contributed by atoms with E-state index in [9.17, 15) is 4.79 Å². The summed E-state index contributed by atoms with van der Waals surface area (Å²) in [5.41, 5.74) is 5.52. The number of ketones is 1. The lowest BCUT2D eigenvalue weighted by molar-refractivity contribution is -0.118. The molecule has 1 heteroatoms. The molecule has 2 aromatic rings. The summed E-state index contributed by atoms with van der Waals surface area (Å²) < 4.78 is 0. The van der Waals surface area contributed by atoms with Crippen LogP contribution >= 0.6 is 0 Å². The van der Waals surface area contributed by atoms with Gasteiger partial charge < -0.3 is 0 Å². The van der Waals surface area contributed by atoms with Crippen molar-refractivity contribution in [3.8, 4) is 0 Å². The molecule has 0 aliphatic heterocycles. The van der Waals surface area contributed by atoms with Crippen LogP contribution < -0.4 is 0 Å². The summed E-state index contributed by atoms with van der Waals surface area (Å²) in [6.07, 6.45) is 3.82. The standard InChI is InChI=1S/C12H14O.C12H16/c1-8-3-5-10(6-4-8)12-7-11(12)9(2)13;1-3-10-8-12(10)11-6-4-9(2)5-7-11/h3-6,11-12H,7H2,1-2H3;4-7,10,12H,3,8H2,1-2H3/t11-,12-;10-,12-/m10/s1. The summed E-state index contributed by atoms with van der Waals surface area (Å²) >= 11 is 0. The molecule has 0 radical (unpaired) electrons. The topological polar surface area (TPSA) is 17.1 Å². The zero-order chi connectivity index (χ0) is 18.0. The highest BCUT2D eigenvalue weighted by molar-refractivity contribution is 5.82. The lowest BCUT2D eigenvalue weighted by atomic mass is 10.1. The summed E-state index contributed by atoms with van der Waals surface area (Å²) in [6, 6.07) is 17.5. The highest BCUT2D eigenvalue weighted by Crippen LogP contribution is 2.49. The van der Waals surface area contributed by atoms with Gasteiger partial charge in [-0.1, -0.05) is 73.0 Å². The second kappa shape index (κ2) is 7.56. The maximum absolute atomic E-state index is 11.1. The first kappa shape index (κ1) is 17.9. The molecule has 2 aromatic carbocycles. The molecule has 0 N–H and O–H groups in total. The summed E-state index contributed by atoms with van der Waals surface area (Å²) in [7, 11) is 0. The number of benzene rings is 2. The minimum atomic E-state index is 0.308. The van der Waals surface area contributed by atoms with Gasteiger partial charge in [0.25, 0.3) is 0 Å². The van der Waals surface area contributed by atoms with E-state index in [0.717, 1.165) is 18.3 Å². The molecule has 0 bridgehead atoms. The van der Waals surface area contributed by atoms with Crippen LogP contribution in [0.5, 0.6) is 0 Å². The first-order chi connectivity index (χ1) is 12.0. The number of hydrogen-bond donors (Lipinski definition) is 0. The van der Waals surface area contributed by atoms with Gasteiger partial charge in [0.1, 0.15) is 5.78 Å². The Morgan fingerprint density at radius 1 is 0.840 bits per heavy atom. The minimum Gasteiger partial charge on any atom is -0.300 e. The third-order valence-corrected chi connectivity index (χ3v) is 5.77. The zero-order valence-electron chi connectivity index (χ0n) is 16.0. The summed E-state index contributed by atoms with van der Waals surface area (Å²) in [4.78, 5) is 11.1. The van der Waals surface area contributed by atoms with Crippen molar-refractivity contribution in [3.05, 3.63) is 70.8 Å². The monoisotopic (exact) mass is 334 g/mol. The second-order valence-corrected chi connectivity index (χ2v) is 7.89. The molecule has 2 fully saturated rings. The quantitative estimate of drug-likeness (QED) is 0.651. The fourth-order valence-corrected chi connectivity index (χ4v) is 3.75. The van der Waals surface area contributed by atoms with Crippen molar-refractivity contribution < 1.29 is 4.79 Å². The molecular formula is C24H30O. The van der Waals surface area contributed by atoms with Crippen LogP contribution in [-0.2, 0) is 4.79 Å². The van der Waals surface area contributed by atoms with E-state index in [1.54, 1.807) is 12.5 Å². The van der Waals surface area contributed by atoms with Gasteiger partial charge in [-0.15, -0.1) is 0 Å². The number of Topliss-reactive ketones (excluding diaryl/α,β-unsaturated/α-hetero) is 1. The van der Waals surface area contributed by atoms with Gasteiger partial charge in [0.2, 0.25) is 0 Å². The van der Waals surface area contributed by atoms with Crippen molar-refractivity contribution in [2.24, 2.45) is 11.8 Å². The van der Waals surface area contributed by atoms with E-state index < -0.39 is 0 Å². The zero-order valence-corrected chi connectivity index (χ0v) is 16.0. The number of rotatable bonds is 4. The third-order valence-electron chi connectivity index (χ3n) is 5.77. The highest BCUT2D eigenvalue weighted by Gasteiger charge is 2.41. The lowest BCUT2D eigenvalue weighted by Gasteiger charge is -1.99. The number of aryl methyl sites for hydroxylation is 2. The Kier molecular flexibility index (Phi) is 5.42. The number of carbonyl (C=O) groups is 1. The molecule has 0 unspecified atom stereocenters. The normalized spacial score (nSPS) is 26.4. The van der Waals surface area contributed by atoms with E-state index in [4.69, 9.17) is 0 Å². The van der Waals surface area contributed by atoms with Crippen LogP contribution in [0.25, 0.3) is 0 Å². The lowest BCUT2D eigenvalue weighted by Crippen LogP contribution is -1.94. The van der Waals surface area contributed by atoms with E-state index in [0.29, 0.717) is 17.6 Å². The molecule has 0 saturated heterocycles. The van der Waals surface area contributed by atoms with Crippen LogP contribution in [0.1, 0.15) is 67.2 Å². The Labute approximate surface area is 152 Å². The molecule has 132 valence electrons. The first-order valence-electron chi connectivity index (χ1n) is 9.63. The maximum Gasteiger partial charge on any atom is 0.133 e. The van der Waals surface area contributed by atoms with E-state index in [1.807, 2.05) is 0 Å². The summed E-state index contributed by atoms with van der Waals surface area (Å²) in [6.45, 7) is 8.21. The number of hydrogen-bond acceptors (Lipinski definition) is 1. The fraction of sp³-hybridized carbons (Fsp3) is 0.458. The molecule has 2 aliphatic carbocycles. The molecule has 4 rings (SSSR count). The highest BCUT2D eigenvalue weighted by atomic mass is 16.1. The molecule has 4 atom stereocenters. The average Bonchev–Trinajstić information content (AvgIpc) is 3.50. The van der Waals surface area contributed by atoms with Gasteiger partial charge in [0.05, 0.1) is 0 Å². The largest absolute Gasteiger partial charge is 0.300 e. The third kappa shape index (κ3) is 4.60. The van der Waals surface area contributed by atoms with E-state index in [1.165, 1.54) is 29.5 Å². The smallest absolute Gasteiger partial charge is 0.133 e. The predicted molar refractivity (Wildman–Crippen MR) is 105 cm³/mol. The van der Waals surface area contributed by atoms with Gasteiger partial charge in [-0.25, -0.2) is 0 Å². The Morgan fingerprint density at radius 2 is 1.32 bits per heavy atom. The summed E-state index contributed by atoms with van der Waals surface area (Å²) in [5.74, 6) is 3.02. The minimum absolute atomic E-state index is 0.308. The van der Waals surface area contributed by atoms with Crippen molar-refractivity contribution in [1.82, 2.24) is 0 Å². The van der Waals surface area contributed by atoms with Crippen molar-refractivity contribution in [3.63, 3.8) is 0 Å². The van der Waals surface area contributed by atoms with Crippen LogP contribution in [-0.4, -0.2) is 5.78 Å². The van der Waals surface area contributed by atoms with Crippen LogP contribution in [0.15, 0.2) is 48.5 Å². The molecule has 0 heterocycles. The fourth-order valence-electron chi connectivity index (χ4n) is 3.75. The Hall–Kier alpha value is -1.89. The van der Waals surface area contributed by atoms with Gasteiger partial charge in [-0.3, -0.25) is 4.79 Å². The molecule has 25 heavy (non-hydrogen) atoms. The van der Waals surface area contributed by atoms with Gasteiger partial charge in [-0.05, 0) is 62.5 Å². The van der Waals surface area contributed by atoms with Gasteiger partial charge >= 0.3 is 0 Å². The Bertz CT molecular complexity index is 711. The van der Waals surface area contributed by atoms with Crippen LogP contribution in [0, 0.1) is 25.7 Å². The van der Waals surface area contributed by atoms with Crippen molar-refractivity contribution in [2.75, 3.05) is 0 Å². The molecule has 2 aliphatic rings. The summed E-state index contributed by atoms with van der Waals surface area (Å²) in [5, 5.41) is 0.